The highest BCUT2D eigenvalue weighted by atomic mass is 32.2. The summed E-state index contributed by atoms with van der Waals surface area (Å²) in [5.74, 6) is -2.54. The molecule has 15 heteroatoms. The number of halogens is 2. The van der Waals surface area contributed by atoms with Crippen LogP contribution in [-0.4, -0.2) is 97.7 Å². The average molecular weight is 949 g/mol. The van der Waals surface area contributed by atoms with Crippen LogP contribution in [0.1, 0.15) is 117 Å². The van der Waals surface area contributed by atoms with Crippen molar-refractivity contribution in [2.75, 3.05) is 18.5 Å². The number of amides is 3. The van der Waals surface area contributed by atoms with Gasteiger partial charge >= 0.3 is 0 Å². The van der Waals surface area contributed by atoms with E-state index in [1.165, 1.54) is 35.7 Å². The van der Waals surface area contributed by atoms with E-state index in [9.17, 15) is 34.2 Å². The average Bonchev–Trinajstić information content (AvgIpc) is 3.85. The van der Waals surface area contributed by atoms with Crippen molar-refractivity contribution in [2.45, 2.75) is 161 Å². The van der Waals surface area contributed by atoms with Crippen LogP contribution < -0.4 is 5.32 Å². The molecule has 2 aliphatic heterocycles. The lowest BCUT2D eigenvalue weighted by Crippen LogP contribution is -2.73. The van der Waals surface area contributed by atoms with Crippen molar-refractivity contribution in [1.82, 2.24) is 4.90 Å². The van der Waals surface area contributed by atoms with Crippen LogP contribution >= 0.6 is 23.5 Å². The van der Waals surface area contributed by atoms with E-state index in [1.807, 2.05) is 49.4 Å². The number of nitrogens with one attached hydrogen (secondary N) is 1. The Bertz CT molecular complexity index is 2330. The first-order chi connectivity index (χ1) is 31.3. The number of ether oxygens (including phenoxy) is 2. The van der Waals surface area contributed by atoms with Gasteiger partial charge in [-0.1, -0.05) is 83.0 Å². The number of rotatable bonds is 17. The second kappa shape index (κ2) is 18.6. The number of likely N-dealkylation sites (tertiary alicyclic amines) is 1. The second-order valence-electron chi connectivity index (χ2n) is 19.9. The Morgan fingerprint density at radius 3 is 2.50 bits per heavy atom. The van der Waals surface area contributed by atoms with E-state index in [4.69, 9.17) is 9.47 Å². The number of hydrogen-bond acceptors (Lipinski definition) is 11. The molecule has 2 aromatic carbocycles. The highest BCUT2D eigenvalue weighted by Gasteiger charge is 2.84. The van der Waals surface area contributed by atoms with Crippen LogP contribution in [0.2, 0.25) is 0 Å². The molecule has 0 aromatic heterocycles. The fourth-order valence-electron chi connectivity index (χ4n) is 12.4. The molecule has 11 nitrogen and oxygen atoms in total. The number of unbranched alkanes of at least 4 members (excludes halogenated alkanes) is 3. The first kappa shape index (κ1) is 48.7. The van der Waals surface area contributed by atoms with E-state index >= 15 is 8.78 Å². The molecule has 3 amide bonds. The molecular weight excluding hydrogens is 887 g/mol. The number of alkyl halides is 2. The Labute approximate surface area is 394 Å². The van der Waals surface area contributed by atoms with E-state index in [-0.39, 0.29) is 60.6 Å². The lowest BCUT2D eigenvalue weighted by atomic mass is 9.39. The highest BCUT2D eigenvalue weighted by molar-refractivity contribution is 8.01. The van der Waals surface area contributed by atoms with Gasteiger partial charge in [-0.25, -0.2) is 8.78 Å². The van der Waals surface area contributed by atoms with Gasteiger partial charge in [0, 0.05) is 62.4 Å². The number of aliphatic hydroxyl groups is 2. The quantitative estimate of drug-likeness (QED) is 0.103. The standard InChI is InChI=1S/C51H62F2N2O9S2/c1-6-7-13-30(2)65-38-26-44(61)55(45(38)62)21-10-8-9-18-43(60)54-32-15-12-17-35(23-32)66-34-16-11-14-31(22-34)46-63-42-28-48(4)39-25-37(52)36-24-33(57)19-20-47(36,3)50(39,53)40(58)27-49(48,5)51(42,64-46)41(59)29-56/h11-12,14-17,19-20,22-24,30,37-40,42,46,56,58H,6-10,13,18,21,25-29H2,1-5H3,(H,54,60)/t30?,37-,38?,39-,40-,42+,46+,47-,48-,49-,50-,51+/m0/s1. The third-order valence-corrected chi connectivity index (χ3v) is 18.4. The number of fused-ring (bicyclic) bond motifs is 7. The number of Topliss-reactive ketones (excluding diaryl/α,β-unsaturated/α-hetero) is 1. The zero-order chi connectivity index (χ0) is 47.4. The maximum atomic E-state index is 18.0. The second-order valence-corrected chi connectivity index (χ2v) is 22.6. The summed E-state index contributed by atoms with van der Waals surface area (Å²) in [6.07, 6.45) is 3.70. The Morgan fingerprint density at radius 1 is 1.02 bits per heavy atom. The summed E-state index contributed by atoms with van der Waals surface area (Å²) in [5, 5.41) is 25.4. The van der Waals surface area contributed by atoms with E-state index < -0.39 is 76.3 Å². The topological polar surface area (TPSA) is 160 Å². The molecule has 4 aliphatic carbocycles. The molecular formula is C51H62F2N2O9S2. The van der Waals surface area contributed by atoms with Gasteiger partial charge in [-0.2, -0.15) is 0 Å². The lowest BCUT2D eigenvalue weighted by Gasteiger charge is -2.66. The zero-order valence-corrected chi connectivity index (χ0v) is 40.0. The summed E-state index contributed by atoms with van der Waals surface area (Å²) < 4.78 is 47.6. The lowest BCUT2D eigenvalue weighted by molar-refractivity contribution is -0.263. The Morgan fingerprint density at radius 2 is 1.76 bits per heavy atom. The minimum atomic E-state index is -2.38. The third-order valence-electron chi connectivity index (χ3n) is 16.0. The number of hydrogen-bond donors (Lipinski definition) is 3. The molecule has 2 aromatic rings. The van der Waals surface area contributed by atoms with E-state index in [1.54, 1.807) is 24.8 Å². The third kappa shape index (κ3) is 8.04. The van der Waals surface area contributed by atoms with Gasteiger partial charge in [0.25, 0.3) is 0 Å². The predicted octanol–water partition coefficient (Wildman–Crippen LogP) is 8.81. The van der Waals surface area contributed by atoms with Crippen molar-refractivity contribution in [3.63, 3.8) is 0 Å². The smallest absolute Gasteiger partial charge is 0.242 e. The van der Waals surface area contributed by atoms with Gasteiger partial charge in [0.2, 0.25) is 17.7 Å². The number of imide groups is 1. The van der Waals surface area contributed by atoms with Crippen molar-refractivity contribution in [2.24, 2.45) is 22.2 Å². The number of aliphatic hydroxyl groups excluding tert-OH is 2. The molecule has 5 fully saturated rings. The number of nitrogens with zero attached hydrogens (tertiary/aromatic N) is 1. The normalized spacial score (nSPS) is 36.1. The SMILES string of the molecule is CCCCC(C)SC1CC(=O)N(CCCCCC(=O)Nc2cccc(Sc3cccc([C@@H]4O[C@@H]5C[C@@]6(C)[C@@H]7C[C@H](F)C8=CC(=O)C=C[C@]8(C)[C@@]7(F)[C@@H](O)C[C@]6(C)[C@]5(C(=O)CO)O4)c3)c2)C1=O. The van der Waals surface area contributed by atoms with Crippen LogP contribution in [0.4, 0.5) is 14.5 Å². The van der Waals surface area contributed by atoms with Crippen molar-refractivity contribution < 1.29 is 52.4 Å². The molecule has 66 heavy (non-hydrogen) atoms. The minimum Gasteiger partial charge on any atom is -0.390 e. The van der Waals surface area contributed by atoms with Gasteiger partial charge in [0.15, 0.2) is 29.1 Å². The zero-order valence-electron chi connectivity index (χ0n) is 38.4. The van der Waals surface area contributed by atoms with Gasteiger partial charge in [0.1, 0.15) is 12.8 Å². The van der Waals surface area contributed by atoms with Gasteiger partial charge in [0.05, 0.1) is 17.5 Å². The predicted molar refractivity (Wildman–Crippen MR) is 248 cm³/mol. The minimum absolute atomic E-state index is 0.00716. The fourth-order valence-corrected chi connectivity index (χ4v) is 14.7. The number of carbonyl (C=O) groups excluding carboxylic acids is 5. The molecule has 2 heterocycles. The van der Waals surface area contributed by atoms with Crippen molar-refractivity contribution >= 4 is 58.5 Å². The summed E-state index contributed by atoms with van der Waals surface area (Å²) in [7, 11) is 0. The van der Waals surface area contributed by atoms with Crippen LogP contribution in [0, 0.1) is 22.2 Å². The van der Waals surface area contributed by atoms with Crippen LogP contribution in [0.15, 0.2) is 82.1 Å². The number of thioether (sulfide) groups is 1. The van der Waals surface area contributed by atoms with Crippen LogP contribution in [-0.2, 0) is 33.4 Å². The fraction of sp³-hybridized carbons (Fsp3) is 0.588. The summed E-state index contributed by atoms with van der Waals surface area (Å²) in [5.41, 5.74) is -6.98. The van der Waals surface area contributed by atoms with Crippen LogP contribution in [0.3, 0.4) is 0 Å². The molecule has 8 rings (SSSR count). The van der Waals surface area contributed by atoms with Crippen molar-refractivity contribution in [3.05, 3.63) is 77.9 Å². The Balaban J connectivity index is 0.891. The highest BCUT2D eigenvalue weighted by Crippen LogP contribution is 2.77. The summed E-state index contributed by atoms with van der Waals surface area (Å²) in [4.78, 5) is 68.0. The molecule has 356 valence electrons. The molecule has 0 radical (unpaired) electrons. The molecule has 6 aliphatic rings. The van der Waals surface area contributed by atoms with Gasteiger partial charge < -0.3 is 25.0 Å². The van der Waals surface area contributed by atoms with Gasteiger partial charge in [-0.05, 0) is 98.9 Å². The van der Waals surface area contributed by atoms with Crippen molar-refractivity contribution in [1.29, 1.82) is 0 Å². The largest absolute Gasteiger partial charge is 0.390 e. The number of anilines is 1. The Kier molecular flexibility index (Phi) is 13.8. The first-order valence-electron chi connectivity index (χ1n) is 23.5. The Hall–Kier alpha value is -3.73. The number of carbonyl (C=O) groups is 5. The molecule has 0 bridgehead atoms. The molecule has 12 atom stereocenters. The van der Waals surface area contributed by atoms with Crippen LogP contribution in [0.25, 0.3) is 0 Å². The van der Waals surface area contributed by atoms with Gasteiger partial charge in [-0.15, -0.1) is 11.8 Å². The van der Waals surface area contributed by atoms with Crippen LogP contribution in [0.5, 0.6) is 0 Å². The maximum Gasteiger partial charge on any atom is 0.242 e. The van der Waals surface area contributed by atoms with E-state index in [0.29, 0.717) is 42.3 Å². The van der Waals surface area contributed by atoms with Gasteiger partial charge in [-0.3, -0.25) is 28.9 Å². The van der Waals surface area contributed by atoms with E-state index in [0.717, 1.165) is 35.1 Å². The maximum absolute atomic E-state index is 18.0. The van der Waals surface area contributed by atoms with E-state index in [2.05, 4.69) is 19.2 Å². The molecule has 2 unspecified atom stereocenters. The monoisotopic (exact) mass is 948 g/mol. The summed E-state index contributed by atoms with van der Waals surface area (Å²) >= 11 is 3.05. The summed E-state index contributed by atoms with van der Waals surface area (Å²) in [6, 6.07) is 14.9. The molecule has 3 saturated carbocycles. The first-order valence-corrected chi connectivity index (χ1v) is 25.2. The summed E-state index contributed by atoms with van der Waals surface area (Å²) in [6.45, 7) is 8.85. The molecule has 2 saturated heterocycles. The number of benzene rings is 2. The van der Waals surface area contributed by atoms with Crippen molar-refractivity contribution in [3.8, 4) is 0 Å². The number of allylic oxidation sites excluding steroid dienone is 4. The molecule has 0 spiro atoms. The number of ketones is 2. The molecule has 3 N–H and O–H groups in total.